The van der Waals surface area contributed by atoms with Gasteiger partial charge in [-0.05, 0) is 65.3 Å². The van der Waals surface area contributed by atoms with Crippen LogP contribution in [0.15, 0.2) is 20.2 Å². The Hall–Kier alpha value is 0.140. The van der Waals surface area contributed by atoms with Crippen LogP contribution in [0.1, 0.15) is 31.2 Å². The third kappa shape index (κ3) is 5.31. The van der Waals surface area contributed by atoms with Gasteiger partial charge in [-0.15, -0.1) is 35.3 Å². The molecule has 3 rings (SSSR count). The molecule has 0 aliphatic carbocycles. The Morgan fingerprint density at radius 2 is 2.13 bits per heavy atom. The topological polar surface area (TPSA) is 30.9 Å². The number of halogens is 2. The van der Waals surface area contributed by atoms with E-state index in [1.54, 1.807) is 11.3 Å². The summed E-state index contributed by atoms with van der Waals surface area (Å²) in [6, 6.07) is 2.89. The molecule has 2 aliphatic heterocycles. The first-order valence-electron chi connectivity index (χ1n) is 8.19. The molecule has 0 radical (unpaired) electrons. The van der Waals surface area contributed by atoms with Gasteiger partial charge in [-0.25, -0.2) is 0 Å². The standard InChI is InChI=1S/C16H25BrN4S.HI/c1-18-16(19-10-13-9-15(17)22-12-13)21-8-5-14(11-21)20-6-3-2-4-7-20;/h9,12,14H,2-8,10-11H2,1H3,(H,18,19);1H. The molecule has 2 fully saturated rings. The highest BCUT2D eigenvalue weighted by Gasteiger charge is 2.29. The van der Waals surface area contributed by atoms with Crippen LogP contribution in [0.4, 0.5) is 0 Å². The van der Waals surface area contributed by atoms with Crippen LogP contribution in [0.3, 0.4) is 0 Å². The minimum absolute atomic E-state index is 0. The molecule has 0 amide bonds. The van der Waals surface area contributed by atoms with E-state index < -0.39 is 0 Å². The summed E-state index contributed by atoms with van der Waals surface area (Å²) in [5, 5.41) is 5.69. The number of rotatable bonds is 3. The summed E-state index contributed by atoms with van der Waals surface area (Å²) in [5.41, 5.74) is 1.31. The average Bonchev–Trinajstić information content (AvgIpc) is 3.18. The molecule has 1 atom stereocenters. The number of aliphatic imine (C=N–C) groups is 1. The molecule has 1 N–H and O–H groups in total. The molecule has 0 bridgehead atoms. The van der Waals surface area contributed by atoms with Crippen LogP contribution in [-0.2, 0) is 6.54 Å². The zero-order valence-electron chi connectivity index (χ0n) is 13.6. The maximum absolute atomic E-state index is 4.48. The maximum atomic E-state index is 4.48. The summed E-state index contributed by atoms with van der Waals surface area (Å²) in [4.78, 5) is 9.58. The molecule has 1 aromatic rings. The van der Waals surface area contributed by atoms with Crippen LogP contribution < -0.4 is 5.32 Å². The van der Waals surface area contributed by atoms with Crippen LogP contribution in [0, 0.1) is 0 Å². The summed E-state index contributed by atoms with van der Waals surface area (Å²) in [6.45, 7) is 5.65. The molecule has 0 saturated carbocycles. The van der Waals surface area contributed by atoms with Gasteiger partial charge in [0.25, 0.3) is 0 Å². The first-order valence-corrected chi connectivity index (χ1v) is 9.86. The minimum Gasteiger partial charge on any atom is -0.352 e. The van der Waals surface area contributed by atoms with Crippen molar-refractivity contribution in [2.45, 2.75) is 38.3 Å². The molecule has 1 unspecified atom stereocenters. The Morgan fingerprint density at radius 3 is 2.78 bits per heavy atom. The lowest BCUT2D eigenvalue weighted by Crippen LogP contribution is -2.44. The van der Waals surface area contributed by atoms with E-state index in [1.165, 1.54) is 48.1 Å². The van der Waals surface area contributed by atoms with Crippen LogP contribution in [0.25, 0.3) is 0 Å². The second kappa shape index (κ2) is 9.58. The summed E-state index contributed by atoms with van der Waals surface area (Å²) in [7, 11) is 1.89. The average molecular weight is 513 g/mol. The monoisotopic (exact) mass is 512 g/mol. The molecule has 0 spiro atoms. The van der Waals surface area contributed by atoms with E-state index in [-0.39, 0.29) is 24.0 Å². The van der Waals surface area contributed by atoms with Crippen molar-refractivity contribution in [2.75, 3.05) is 33.2 Å². The molecule has 23 heavy (non-hydrogen) atoms. The number of likely N-dealkylation sites (tertiary alicyclic amines) is 2. The lowest BCUT2D eigenvalue weighted by Gasteiger charge is -2.32. The van der Waals surface area contributed by atoms with E-state index in [9.17, 15) is 0 Å². The number of thiophene rings is 1. The van der Waals surface area contributed by atoms with Gasteiger partial charge in [-0.1, -0.05) is 6.42 Å². The molecule has 4 nitrogen and oxygen atoms in total. The van der Waals surface area contributed by atoms with Crippen LogP contribution >= 0.6 is 51.2 Å². The predicted octanol–water partition coefficient (Wildman–Crippen LogP) is 3.76. The summed E-state index contributed by atoms with van der Waals surface area (Å²) in [5.74, 6) is 1.04. The van der Waals surface area contributed by atoms with E-state index in [2.05, 4.69) is 47.5 Å². The van der Waals surface area contributed by atoms with E-state index in [1.807, 2.05) is 7.05 Å². The summed E-state index contributed by atoms with van der Waals surface area (Å²) in [6.07, 6.45) is 5.42. The number of nitrogens with one attached hydrogen (secondary N) is 1. The van der Waals surface area contributed by atoms with Crippen molar-refractivity contribution in [2.24, 2.45) is 4.99 Å². The highest BCUT2D eigenvalue weighted by molar-refractivity contribution is 14.0. The molecular weight excluding hydrogens is 487 g/mol. The molecule has 1 aromatic heterocycles. The summed E-state index contributed by atoms with van der Waals surface area (Å²) >= 11 is 5.25. The normalized spacial score (nSPS) is 23.0. The smallest absolute Gasteiger partial charge is 0.193 e. The van der Waals surface area contributed by atoms with Crippen LogP contribution in [0.2, 0.25) is 0 Å². The highest BCUT2D eigenvalue weighted by Crippen LogP contribution is 2.22. The van der Waals surface area contributed by atoms with E-state index in [0.29, 0.717) is 6.04 Å². The van der Waals surface area contributed by atoms with Gasteiger partial charge in [-0.3, -0.25) is 9.89 Å². The number of piperidine rings is 1. The lowest BCUT2D eigenvalue weighted by atomic mass is 10.1. The third-order valence-corrected chi connectivity index (χ3v) is 6.21. The fraction of sp³-hybridized carbons (Fsp3) is 0.688. The summed E-state index contributed by atoms with van der Waals surface area (Å²) < 4.78 is 1.19. The van der Waals surface area contributed by atoms with Crippen molar-refractivity contribution in [3.8, 4) is 0 Å². The van der Waals surface area contributed by atoms with Crippen molar-refractivity contribution >= 4 is 57.2 Å². The van der Waals surface area contributed by atoms with Crippen LogP contribution in [-0.4, -0.2) is 55.0 Å². The quantitative estimate of drug-likeness (QED) is 0.380. The van der Waals surface area contributed by atoms with Crippen molar-refractivity contribution in [1.29, 1.82) is 0 Å². The Morgan fingerprint density at radius 1 is 1.35 bits per heavy atom. The number of nitrogens with zero attached hydrogens (tertiary/aromatic N) is 3. The Balaban J connectivity index is 0.00000192. The molecule has 2 aliphatic rings. The van der Waals surface area contributed by atoms with Gasteiger partial charge in [0, 0.05) is 32.7 Å². The zero-order valence-corrected chi connectivity index (χ0v) is 18.4. The fourth-order valence-corrected chi connectivity index (χ4v) is 4.68. The van der Waals surface area contributed by atoms with Gasteiger partial charge in [0.15, 0.2) is 5.96 Å². The second-order valence-electron chi connectivity index (χ2n) is 6.14. The SMILES string of the molecule is CN=C(NCc1csc(Br)c1)N1CCC(N2CCCCC2)C1.I. The van der Waals surface area contributed by atoms with E-state index >= 15 is 0 Å². The Labute approximate surface area is 168 Å². The Kier molecular flexibility index (Phi) is 8.11. The second-order valence-corrected chi connectivity index (χ2v) is 8.44. The van der Waals surface area contributed by atoms with E-state index in [4.69, 9.17) is 0 Å². The number of hydrogen-bond acceptors (Lipinski definition) is 3. The third-order valence-electron chi connectivity index (χ3n) is 4.65. The van der Waals surface area contributed by atoms with Gasteiger partial charge in [-0.2, -0.15) is 0 Å². The lowest BCUT2D eigenvalue weighted by molar-refractivity contribution is 0.168. The molecule has 130 valence electrons. The van der Waals surface area contributed by atoms with Crippen molar-refractivity contribution < 1.29 is 0 Å². The van der Waals surface area contributed by atoms with Crippen molar-refractivity contribution in [3.63, 3.8) is 0 Å². The number of hydrogen-bond donors (Lipinski definition) is 1. The van der Waals surface area contributed by atoms with Gasteiger partial charge < -0.3 is 10.2 Å². The maximum Gasteiger partial charge on any atom is 0.193 e. The Bertz CT molecular complexity index is 516. The number of guanidine groups is 1. The van der Waals surface area contributed by atoms with E-state index in [0.717, 1.165) is 25.6 Å². The predicted molar refractivity (Wildman–Crippen MR) is 113 cm³/mol. The fourth-order valence-electron chi connectivity index (χ4n) is 3.47. The van der Waals surface area contributed by atoms with Crippen molar-refractivity contribution in [3.05, 3.63) is 20.8 Å². The molecule has 2 saturated heterocycles. The largest absolute Gasteiger partial charge is 0.352 e. The van der Waals surface area contributed by atoms with Gasteiger partial charge in [0.2, 0.25) is 0 Å². The molecule has 7 heteroatoms. The molecular formula is C16H26BrIN4S. The zero-order chi connectivity index (χ0) is 15.4. The van der Waals surface area contributed by atoms with Gasteiger partial charge in [0.1, 0.15) is 0 Å². The first-order chi connectivity index (χ1) is 10.8. The van der Waals surface area contributed by atoms with Crippen molar-refractivity contribution in [1.82, 2.24) is 15.1 Å². The first kappa shape index (κ1) is 19.5. The highest BCUT2D eigenvalue weighted by atomic mass is 127. The van der Waals surface area contributed by atoms with Crippen LogP contribution in [0.5, 0.6) is 0 Å². The van der Waals surface area contributed by atoms with Gasteiger partial charge in [0.05, 0.1) is 3.79 Å². The molecule has 3 heterocycles. The molecule has 0 aromatic carbocycles. The van der Waals surface area contributed by atoms with Gasteiger partial charge >= 0.3 is 0 Å². The minimum atomic E-state index is 0.